The van der Waals surface area contributed by atoms with Crippen LogP contribution < -0.4 is 5.32 Å². The lowest BCUT2D eigenvalue weighted by atomic mass is 10.1. The van der Waals surface area contributed by atoms with Gasteiger partial charge < -0.3 is 10.4 Å². The first-order valence-electron chi connectivity index (χ1n) is 6.17. The van der Waals surface area contributed by atoms with E-state index in [1.165, 1.54) is 0 Å². The Morgan fingerprint density at radius 1 is 1.35 bits per heavy atom. The minimum absolute atomic E-state index is 0.0570. The van der Waals surface area contributed by atoms with Crippen molar-refractivity contribution in [3.8, 4) is 11.8 Å². The number of nitrogens with one attached hydrogen (secondary N) is 1. The first-order chi connectivity index (χ1) is 9.50. The fraction of sp³-hybridized carbons (Fsp3) is 0.357. The number of aliphatic hydroxyl groups excluding tert-OH is 1. The van der Waals surface area contributed by atoms with Crippen LogP contribution >= 0.6 is 0 Å². The van der Waals surface area contributed by atoms with Gasteiger partial charge in [-0.05, 0) is 12.1 Å². The Hall–Kier alpha value is -1.84. The molecule has 0 aliphatic heterocycles. The van der Waals surface area contributed by atoms with Gasteiger partial charge in [-0.25, -0.2) is 8.42 Å². The fourth-order valence-electron chi connectivity index (χ4n) is 1.48. The molecule has 2 N–H and O–H groups in total. The third kappa shape index (κ3) is 5.03. The molecule has 0 saturated carbocycles. The lowest BCUT2D eigenvalue weighted by Crippen LogP contribution is -2.30. The summed E-state index contributed by atoms with van der Waals surface area (Å²) in [6, 6.07) is 6.70. The van der Waals surface area contributed by atoms with Crippen molar-refractivity contribution < 1.29 is 18.3 Å². The molecular formula is C14H17NO4S. The monoisotopic (exact) mass is 295 g/mol. The van der Waals surface area contributed by atoms with E-state index in [4.69, 9.17) is 5.11 Å². The van der Waals surface area contributed by atoms with Crippen molar-refractivity contribution in [3.05, 3.63) is 35.4 Å². The number of hydrogen-bond donors (Lipinski definition) is 2. The van der Waals surface area contributed by atoms with Gasteiger partial charge in [0, 0.05) is 17.9 Å². The molecule has 1 aromatic carbocycles. The summed E-state index contributed by atoms with van der Waals surface area (Å²) in [4.78, 5) is 12.0. The summed E-state index contributed by atoms with van der Waals surface area (Å²) in [6.45, 7) is 1.35. The normalized spacial score (nSPS) is 10.5. The quantitative estimate of drug-likeness (QED) is 0.760. The molecule has 5 nitrogen and oxygen atoms in total. The summed E-state index contributed by atoms with van der Waals surface area (Å²) in [5.74, 6) is 4.76. The van der Waals surface area contributed by atoms with Crippen LogP contribution in [-0.2, 0) is 9.84 Å². The van der Waals surface area contributed by atoms with E-state index in [1.54, 1.807) is 31.2 Å². The highest BCUT2D eigenvalue weighted by Gasteiger charge is 2.11. The number of rotatable bonds is 5. The van der Waals surface area contributed by atoms with Crippen molar-refractivity contribution in [2.75, 3.05) is 24.7 Å². The Labute approximate surface area is 118 Å². The molecule has 0 fully saturated rings. The van der Waals surface area contributed by atoms with E-state index in [2.05, 4.69) is 17.2 Å². The summed E-state index contributed by atoms with van der Waals surface area (Å²) in [5, 5.41) is 11.2. The Kier molecular flexibility index (Phi) is 6.22. The predicted octanol–water partition coefficient (Wildman–Crippen LogP) is 0.195. The molecule has 0 saturated heterocycles. The van der Waals surface area contributed by atoms with Crippen LogP contribution in [0.25, 0.3) is 0 Å². The highest BCUT2D eigenvalue weighted by Crippen LogP contribution is 2.07. The molecule has 0 aliphatic rings. The van der Waals surface area contributed by atoms with Crippen LogP contribution in [0.4, 0.5) is 0 Å². The standard InChI is InChI=1S/C14H17NO4S/c1-2-20(18,19)11-9-15-14(17)13-8-4-3-6-12(13)7-5-10-16/h3-4,6,8,16H,2,9-11H2,1H3,(H,15,17). The van der Waals surface area contributed by atoms with Gasteiger partial charge in [0.15, 0.2) is 9.84 Å². The van der Waals surface area contributed by atoms with E-state index in [-0.39, 0.29) is 30.6 Å². The lowest BCUT2D eigenvalue weighted by Gasteiger charge is -2.07. The van der Waals surface area contributed by atoms with Crippen LogP contribution in [-0.4, -0.2) is 44.1 Å². The highest BCUT2D eigenvalue weighted by molar-refractivity contribution is 7.91. The summed E-state index contributed by atoms with van der Waals surface area (Å²) < 4.78 is 22.6. The van der Waals surface area contributed by atoms with E-state index >= 15 is 0 Å². The largest absolute Gasteiger partial charge is 0.384 e. The van der Waals surface area contributed by atoms with E-state index in [0.717, 1.165) is 0 Å². The topological polar surface area (TPSA) is 83.5 Å². The molecule has 1 rings (SSSR count). The van der Waals surface area contributed by atoms with Crippen LogP contribution in [0, 0.1) is 11.8 Å². The second-order valence-electron chi connectivity index (χ2n) is 4.00. The average molecular weight is 295 g/mol. The van der Waals surface area contributed by atoms with E-state index < -0.39 is 9.84 Å². The number of carbonyl (C=O) groups excluding carboxylic acids is 1. The first-order valence-corrected chi connectivity index (χ1v) is 7.99. The average Bonchev–Trinajstić information content (AvgIpc) is 2.45. The van der Waals surface area contributed by atoms with Crippen molar-refractivity contribution in [2.24, 2.45) is 0 Å². The van der Waals surface area contributed by atoms with Crippen molar-refractivity contribution in [1.29, 1.82) is 0 Å². The van der Waals surface area contributed by atoms with Crippen molar-refractivity contribution in [2.45, 2.75) is 6.92 Å². The lowest BCUT2D eigenvalue weighted by molar-refractivity contribution is 0.0956. The van der Waals surface area contributed by atoms with Gasteiger partial charge in [0.2, 0.25) is 0 Å². The number of sulfone groups is 1. The van der Waals surface area contributed by atoms with Gasteiger partial charge in [-0.3, -0.25) is 4.79 Å². The molecule has 0 aliphatic carbocycles. The molecule has 1 amide bonds. The van der Waals surface area contributed by atoms with Gasteiger partial charge in [-0.15, -0.1) is 0 Å². The molecule has 0 heterocycles. The molecule has 0 atom stereocenters. The maximum atomic E-state index is 12.0. The molecule has 0 spiro atoms. The van der Waals surface area contributed by atoms with E-state index in [0.29, 0.717) is 11.1 Å². The molecule has 0 aromatic heterocycles. The fourth-order valence-corrected chi connectivity index (χ4v) is 2.19. The third-order valence-corrected chi connectivity index (χ3v) is 4.32. The number of carbonyl (C=O) groups is 1. The zero-order valence-electron chi connectivity index (χ0n) is 11.2. The SMILES string of the molecule is CCS(=O)(=O)CCNC(=O)c1ccccc1C#CCO. The Bertz CT molecular complexity index is 626. The minimum atomic E-state index is -3.10. The van der Waals surface area contributed by atoms with Crippen LogP contribution in [0.5, 0.6) is 0 Å². The predicted molar refractivity (Wildman–Crippen MR) is 77.1 cm³/mol. The zero-order valence-corrected chi connectivity index (χ0v) is 12.0. The van der Waals surface area contributed by atoms with Gasteiger partial charge in [-0.2, -0.15) is 0 Å². The molecular weight excluding hydrogens is 278 g/mol. The maximum absolute atomic E-state index is 12.0. The highest BCUT2D eigenvalue weighted by atomic mass is 32.2. The number of aliphatic hydroxyl groups is 1. The van der Waals surface area contributed by atoms with Gasteiger partial charge >= 0.3 is 0 Å². The minimum Gasteiger partial charge on any atom is -0.384 e. The third-order valence-electron chi connectivity index (χ3n) is 2.61. The van der Waals surface area contributed by atoms with E-state index in [1.807, 2.05) is 0 Å². The van der Waals surface area contributed by atoms with Gasteiger partial charge in [0.05, 0.1) is 11.3 Å². The number of hydrogen-bond acceptors (Lipinski definition) is 4. The first kappa shape index (κ1) is 16.2. The Morgan fingerprint density at radius 3 is 2.70 bits per heavy atom. The van der Waals surface area contributed by atoms with Crippen LogP contribution in [0.2, 0.25) is 0 Å². The maximum Gasteiger partial charge on any atom is 0.252 e. The number of benzene rings is 1. The van der Waals surface area contributed by atoms with Gasteiger partial charge in [-0.1, -0.05) is 30.9 Å². The van der Waals surface area contributed by atoms with Crippen LogP contribution in [0.3, 0.4) is 0 Å². The second-order valence-corrected chi connectivity index (χ2v) is 6.47. The second kappa shape index (κ2) is 7.68. The summed E-state index contributed by atoms with van der Waals surface area (Å²) >= 11 is 0. The number of amides is 1. The van der Waals surface area contributed by atoms with Crippen LogP contribution in [0.1, 0.15) is 22.8 Å². The molecule has 6 heteroatoms. The van der Waals surface area contributed by atoms with Crippen molar-refractivity contribution in [3.63, 3.8) is 0 Å². The molecule has 20 heavy (non-hydrogen) atoms. The Balaban J connectivity index is 2.73. The molecule has 108 valence electrons. The van der Waals surface area contributed by atoms with Gasteiger partial charge in [0.25, 0.3) is 5.91 Å². The molecule has 1 aromatic rings. The Morgan fingerprint density at radius 2 is 2.05 bits per heavy atom. The van der Waals surface area contributed by atoms with Crippen molar-refractivity contribution >= 4 is 15.7 Å². The molecule has 0 radical (unpaired) electrons. The van der Waals surface area contributed by atoms with Gasteiger partial charge in [0.1, 0.15) is 6.61 Å². The van der Waals surface area contributed by atoms with Crippen LogP contribution in [0.15, 0.2) is 24.3 Å². The summed E-state index contributed by atoms with van der Waals surface area (Å²) in [7, 11) is -3.10. The zero-order chi connectivity index (χ0) is 15.0. The smallest absolute Gasteiger partial charge is 0.252 e. The van der Waals surface area contributed by atoms with E-state index in [9.17, 15) is 13.2 Å². The molecule has 0 unspecified atom stereocenters. The summed E-state index contributed by atoms with van der Waals surface area (Å²) in [6.07, 6.45) is 0. The summed E-state index contributed by atoms with van der Waals surface area (Å²) in [5.41, 5.74) is 0.861. The van der Waals surface area contributed by atoms with Crippen molar-refractivity contribution in [1.82, 2.24) is 5.32 Å². The molecule has 0 bridgehead atoms.